The average Bonchev–Trinajstić information content (AvgIpc) is 1.16. The lowest BCUT2D eigenvalue weighted by Gasteiger charge is -2.21. The van der Waals surface area contributed by atoms with Gasteiger partial charge in [0.25, 0.3) is 0 Å². The zero-order valence-corrected chi connectivity index (χ0v) is 66.6. The van der Waals surface area contributed by atoms with Crippen LogP contribution >= 0.6 is 15.6 Å². The van der Waals surface area contributed by atoms with Crippen LogP contribution in [0.1, 0.15) is 420 Å². The standard InChI is InChI=1S/C80H156O17P2/c1-7-9-11-13-15-17-19-20-21-22-26-29-32-36-39-43-50-56-62-77(82)90-68-75(96-80(85)65-59-53-45-41-37-33-30-27-24-23-25-28-31-35-38-42-48-54-60-72(3)4)70-94-98(86,87)92-66-74(81)67-93-99(88,89)95-71-76(69-91-78(83)63-57-51-47-46-49-55-61-73(5)6)97-79(84)64-58-52-44-40-34-18-16-14-12-10-8-2/h72-76,81H,7-71H2,1-6H3,(H,86,87)(H,88,89)/t74-,75-,76-/m1/s1. The molecular formula is C80H156O17P2. The lowest BCUT2D eigenvalue weighted by Crippen LogP contribution is -2.30. The number of ether oxygens (including phenoxy) is 4. The number of hydrogen-bond donors (Lipinski definition) is 3. The van der Waals surface area contributed by atoms with Gasteiger partial charge in [-0.2, -0.15) is 0 Å². The lowest BCUT2D eigenvalue weighted by molar-refractivity contribution is -0.161. The fraction of sp³-hybridized carbons (Fsp3) is 0.950. The number of carbonyl (C=O) groups is 4. The number of rotatable bonds is 79. The van der Waals surface area contributed by atoms with E-state index in [-0.39, 0.29) is 25.7 Å². The second-order valence-corrected chi connectivity index (χ2v) is 32.7. The first-order valence-electron chi connectivity index (χ1n) is 41.5. The monoisotopic (exact) mass is 1450 g/mol. The summed E-state index contributed by atoms with van der Waals surface area (Å²) in [7, 11) is -9.91. The Morgan fingerprint density at radius 1 is 0.273 bits per heavy atom. The van der Waals surface area contributed by atoms with Gasteiger partial charge in [-0.1, -0.05) is 369 Å². The highest BCUT2D eigenvalue weighted by atomic mass is 31.2. The number of aliphatic hydroxyl groups is 1. The molecule has 2 unspecified atom stereocenters. The molecule has 5 atom stereocenters. The van der Waals surface area contributed by atoms with E-state index in [9.17, 15) is 43.2 Å². The van der Waals surface area contributed by atoms with Crippen molar-refractivity contribution < 1.29 is 80.2 Å². The van der Waals surface area contributed by atoms with Crippen molar-refractivity contribution in [1.82, 2.24) is 0 Å². The molecule has 0 fully saturated rings. The van der Waals surface area contributed by atoms with Crippen LogP contribution in [0.15, 0.2) is 0 Å². The van der Waals surface area contributed by atoms with Crippen molar-refractivity contribution >= 4 is 39.5 Å². The Balaban J connectivity index is 5.19. The van der Waals surface area contributed by atoms with Crippen molar-refractivity contribution in [3.63, 3.8) is 0 Å². The Morgan fingerprint density at radius 3 is 0.687 bits per heavy atom. The van der Waals surface area contributed by atoms with Crippen LogP contribution in [0.3, 0.4) is 0 Å². The molecule has 0 saturated carbocycles. The van der Waals surface area contributed by atoms with Gasteiger partial charge < -0.3 is 33.8 Å². The molecule has 0 aromatic carbocycles. The maximum Gasteiger partial charge on any atom is 0.472 e. The second kappa shape index (κ2) is 71.7. The number of carbonyl (C=O) groups excluding carboxylic acids is 4. The quantitative estimate of drug-likeness (QED) is 0.0222. The van der Waals surface area contributed by atoms with Crippen LogP contribution in [0.4, 0.5) is 0 Å². The molecule has 0 amide bonds. The molecule has 588 valence electrons. The van der Waals surface area contributed by atoms with Crippen LogP contribution in [0.2, 0.25) is 0 Å². The summed E-state index contributed by atoms with van der Waals surface area (Å²) in [5.41, 5.74) is 0. The van der Waals surface area contributed by atoms with Crippen molar-refractivity contribution in [2.75, 3.05) is 39.6 Å². The van der Waals surface area contributed by atoms with Crippen LogP contribution in [-0.4, -0.2) is 96.7 Å². The molecule has 0 radical (unpaired) electrons. The third-order valence-corrected chi connectivity index (χ3v) is 20.6. The van der Waals surface area contributed by atoms with Crippen molar-refractivity contribution in [3.8, 4) is 0 Å². The third-order valence-electron chi connectivity index (χ3n) is 18.7. The molecule has 17 nitrogen and oxygen atoms in total. The molecule has 0 aliphatic carbocycles. The van der Waals surface area contributed by atoms with Gasteiger partial charge in [0.2, 0.25) is 0 Å². The van der Waals surface area contributed by atoms with E-state index in [1.165, 1.54) is 231 Å². The van der Waals surface area contributed by atoms with Gasteiger partial charge in [-0.3, -0.25) is 37.3 Å². The highest BCUT2D eigenvalue weighted by Gasteiger charge is 2.30. The van der Waals surface area contributed by atoms with Gasteiger partial charge in [-0.15, -0.1) is 0 Å². The molecule has 0 heterocycles. The van der Waals surface area contributed by atoms with E-state index >= 15 is 0 Å². The van der Waals surface area contributed by atoms with Gasteiger partial charge in [0.1, 0.15) is 19.3 Å². The van der Waals surface area contributed by atoms with Crippen LogP contribution in [0.5, 0.6) is 0 Å². The van der Waals surface area contributed by atoms with E-state index in [1.807, 2.05) is 0 Å². The minimum Gasteiger partial charge on any atom is -0.462 e. The Labute approximate surface area is 607 Å². The first-order chi connectivity index (χ1) is 47.9. The number of unbranched alkanes of at least 4 members (excludes halogenated alkanes) is 49. The minimum atomic E-state index is -4.96. The molecule has 0 saturated heterocycles. The number of aliphatic hydroxyl groups excluding tert-OH is 1. The first-order valence-corrected chi connectivity index (χ1v) is 44.5. The Hall–Kier alpha value is -1.94. The van der Waals surface area contributed by atoms with E-state index in [4.69, 9.17) is 37.0 Å². The van der Waals surface area contributed by atoms with E-state index in [0.29, 0.717) is 31.6 Å². The maximum absolute atomic E-state index is 13.1. The predicted octanol–water partition coefficient (Wildman–Crippen LogP) is 23.9. The average molecular weight is 1450 g/mol. The lowest BCUT2D eigenvalue weighted by atomic mass is 10.0. The summed E-state index contributed by atoms with van der Waals surface area (Å²) in [5.74, 6) is -0.612. The minimum absolute atomic E-state index is 0.106. The molecule has 0 aromatic rings. The molecular weight excluding hydrogens is 1290 g/mol. The second-order valence-electron chi connectivity index (χ2n) is 29.8. The van der Waals surface area contributed by atoms with Gasteiger partial charge in [-0.05, 0) is 37.5 Å². The van der Waals surface area contributed by atoms with Gasteiger partial charge in [0.15, 0.2) is 12.2 Å². The molecule has 0 aromatic heterocycles. The highest BCUT2D eigenvalue weighted by Crippen LogP contribution is 2.45. The number of hydrogen-bond acceptors (Lipinski definition) is 15. The normalized spacial score (nSPS) is 13.9. The summed E-state index contributed by atoms with van der Waals surface area (Å²) in [4.78, 5) is 72.9. The summed E-state index contributed by atoms with van der Waals surface area (Å²) in [6.07, 6.45) is 61.3. The van der Waals surface area contributed by atoms with Crippen molar-refractivity contribution in [2.24, 2.45) is 11.8 Å². The molecule has 0 aliphatic rings. The largest absolute Gasteiger partial charge is 0.472 e. The smallest absolute Gasteiger partial charge is 0.462 e. The topological polar surface area (TPSA) is 237 Å². The van der Waals surface area contributed by atoms with Gasteiger partial charge in [-0.25, -0.2) is 9.13 Å². The molecule has 99 heavy (non-hydrogen) atoms. The molecule has 0 rings (SSSR count). The van der Waals surface area contributed by atoms with Crippen LogP contribution in [-0.2, 0) is 65.4 Å². The number of esters is 4. The molecule has 3 N–H and O–H groups in total. The molecule has 0 bridgehead atoms. The number of phosphoric ester groups is 2. The predicted molar refractivity (Wildman–Crippen MR) is 405 cm³/mol. The van der Waals surface area contributed by atoms with Gasteiger partial charge in [0.05, 0.1) is 26.4 Å². The Bertz CT molecular complexity index is 1910. The summed E-state index contributed by atoms with van der Waals surface area (Å²) in [6.45, 7) is 9.57. The zero-order chi connectivity index (χ0) is 72.8. The van der Waals surface area contributed by atoms with E-state index in [2.05, 4.69) is 41.5 Å². The molecule has 0 spiro atoms. The molecule has 0 aliphatic heterocycles. The Kier molecular flexibility index (Phi) is 70.3. The third kappa shape index (κ3) is 74.1. The fourth-order valence-electron chi connectivity index (χ4n) is 12.4. The van der Waals surface area contributed by atoms with Crippen molar-refractivity contribution in [2.45, 2.75) is 439 Å². The maximum atomic E-state index is 13.1. The first kappa shape index (κ1) is 97.1. The zero-order valence-electron chi connectivity index (χ0n) is 64.8. The van der Waals surface area contributed by atoms with Gasteiger partial charge in [0, 0.05) is 25.7 Å². The van der Waals surface area contributed by atoms with E-state index < -0.39 is 97.5 Å². The van der Waals surface area contributed by atoms with Crippen molar-refractivity contribution in [3.05, 3.63) is 0 Å². The highest BCUT2D eigenvalue weighted by molar-refractivity contribution is 7.47. The summed E-state index contributed by atoms with van der Waals surface area (Å²) < 4.78 is 68.6. The van der Waals surface area contributed by atoms with Gasteiger partial charge >= 0.3 is 39.5 Å². The summed E-state index contributed by atoms with van der Waals surface area (Å²) in [6, 6.07) is 0. The molecule has 19 heteroatoms. The van der Waals surface area contributed by atoms with E-state index in [0.717, 1.165) is 102 Å². The van der Waals surface area contributed by atoms with Crippen LogP contribution in [0, 0.1) is 11.8 Å². The van der Waals surface area contributed by atoms with Crippen molar-refractivity contribution in [1.29, 1.82) is 0 Å². The SMILES string of the molecule is CCCCCCCCCCCCCCCCCCCCC(=O)OC[C@H](COP(=O)(O)OC[C@@H](O)COP(=O)(O)OC[C@@H](COC(=O)CCCCCCCCC(C)C)OC(=O)CCCCCCCCCCCCC)OC(=O)CCCCCCCCCCCCCCCCCCCCC(C)C. The van der Waals surface area contributed by atoms with Crippen LogP contribution < -0.4 is 0 Å². The Morgan fingerprint density at radius 2 is 0.465 bits per heavy atom. The van der Waals surface area contributed by atoms with Crippen LogP contribution in [0.25, 0.3) is 0 Å². The summed E-state index contributed by atoms with van der Waals surface area (Å²) >= 11 is 0. The van der Waals surface area contributed by atoms with E-state index in [1.54, 1.807) is 0 Å². The fourth-order valence-corrected chi connectivity index (χ4v) is 13.9. The number of phosphoric acid groups is 2. The summed E-state index contributed by atoms with van der Waals surface area (Å²) in [5, 5.41) is 10.6.